The van der Waals surface area contributed by atoms with Crippen molar-refractivity contribution in [1.82, 2.24) is 0 Å². The van der Waals surface area contributed by atoms with E-state index in [2.05, 4.69) is 27.7 Å². The molecule has 2 saturated heterocycles. The second-order valence-corrected chi connectivity index (χ2v) is 6.86. The molecule has 2 aliphatic heterocycles. The van der Waals surface area contributed by atoms with Gasteiger partial charge in [-0.25, -0.2) is 14.4 Å². The van der Waals surface area contributed by atoms with E-state index in [1.807, 2.05) is 6.92 Å². The number of unbranched alkanes of at least 4 members (excludes halogenated alkanes) is 1. The predicted octanol–water partition coefficient (Wildman–Crippen LogP) is 2.92. The molecule has 0 aromatic heterocycles. The molecule has 0 aliphatic carbocycles. The first kappa shape index (κ1) is 25.3. The van der Waals surface area contributed by atoms with Gasteiger partial charge in [0, 0.05) is 5.57 Å². The highest BCUT2D eigenvalue weighted by molar-refractivity contribution is 5.86. The van der Waals surface area contributed by atoms with Crippen LogP contribution in [0.2, 0.25) is 0 Å². The Kier molecular flexibility index (Phi) is 11.3. The van der Waals surface area contributed by atoms with E-state index in [-0.39, 0.29) is 38.3 Å². The highest BCUT2D eigenvalue weighted by atomic mass is 16.8. The van der Waals surface area contributed by atoms with Crippen LogP contribution < -0.4 is 0 Å². The first-order chi connectivity index (χ1) is 14.3. The fourth-order valence-electron chi connectivity index (χ4n) is 2.42. The minimum atomic E-state index is -0.726. The smallest absolute Gasteiger partial charge is 0.461 e. The molecular formula is C20H30O10. The molecule has 2 heterocycles. The average molecular weight is 430 g/mol. The van der Waals surface area contributed by atoms with Gasteiger partial charge < -0.3 is 28.4 Å². The summed E-state index contributed by atoms with van der Waals surface area (Å²) in [4.78, 5) is 43.7. The second-order valence-electron chi connectivity index (χ2n) is 6.86. The van der Waals surface area contributed by atoms with Crippen molar-refractivity contribution in [3.05, 3.63) is 12.2 Å². The fourth-order valence-corrected chi connectivity index (χ4v) is 2.42. The molecule has 2 fully saturated rings. The number of esters is 2. The number of rotatable bonds is 10. The molecule has 0 aromatic rings. The van der Waals surface area contributed by atoms with Gasteiger partial charge in [0.15, 0.2) is 12.2 Å². The average Bonchev–Trinajstić information content (AvgIpc) is 3.33. The molecule has 0 aromatic carbocycles. The monoisotopic (exact) mass is 430 g/mol. The summed E-state index contributed by atoms with van der Waals surface area (Å²) in [5.74, 6) is -0.750. The van der Waals surface area contributed by atoms with Gasteiger partial charge in [0.2, 0.25) is 0 Å². The molecule has 30 heavy (non-hydrogen) atoms. The summed E-state index contributed by atoms with van der Waals surface area (Å²) < 4.78 is 28.3. The predicted molar refractivity (Wildman–Crippen MR) is 102 cm³/mol. The van der Waals surface area contributed by atoms with Crippen molar-refractivity contribution in [3.8, 4) is 0 Å². The van der Waals surface area contributed by atoms with Crippen LogP contribution in [0.3, 0.4) is 0 Å². The molecule has 2 rings (SSSR count). The first-order valence-corrected chi connectivity index (χ1v) is 9.92. The van der Waals surface area contributed by atoms with E-state index in [0.717, 1.165) is 25.7 Å². The van der Waals surface area contributed by atoms with Crippen LogP contribution in [0.5, 0.6) is 0 Å². The largest absolute Gasteiger partial charge is 0.508 e. The van der Waals surface area contributed by atoms with Crippen LogP contribution in [0.15, 0.2) is 12.2 Å². The van der Waals surface area contributed by atoms with Gasteiger partial charge >= 0.3 is 24.2 Å². The third-order valence-corrected chi connectivity index (χ3v) is 4.19. The van der Waals surface area contributed by atoms with Crippen molar-refractivity contribution >= 4 is 24.2 Å². The number of ether oxygens (including phenoxy) is 6. The zero-order valence-electron chi connectivity index (χ0n) is 17.7. The van der Waals surface area contributed by atoms with E-state index >= 15 is 0 Å². The topological polar surface area (TPSA) is 124 Å². The SMILES string of the molecule is C=C(C)C(=O)OCC1COC(=O)O1.CCCCC(CC)C(=O)OCC1COC(=O)O1. The van der Waals surface area contributed by atoms with Crippen molar-refractivity contribution in [2.24, 2.45) is 5.92 Å². The summed E-state index contributed by atoms with van der Waals surface area (Å²) >= 11 is 0. The van der Waals surface area contributed by atoms with E-state index in [1.54, 1.807) is 6.92 Å². The van der Waals surface area contributed by atoms with Crippen molar-refractivity contribution in [3.63, 3.8) is 0 Å². The van der Waals surface area contributed by atoms with Gasteiger partial charge in [0.1, 0.15) is 26.4 Å². The Morgan fingerprint density at radius 2 is 1.57 bits per heavy atom. The summed E-state index contributed by atoms with van der Waals surface area (Å²) in [6.45, 7) is 9.40. The molecule has 0 N–H and O–H groups in total. The van der Waals surface area contributed by atoms with E-state index in [9.17, 15) is 19.2 Å². The Balaban J connectivity index is 0.000000311. The highest BCUT2D eigenvalue weighted by Crippen LogP contribution is 2.15. The van der Waals surface area contributed by atoms with Crippen molar-refractivity contribution in [2.45, 2.75) is 58.7 Å². The zero-order valence-corrected chi connectivity index (χ0v) is 17.7. The lowest BCUT2D eigenvalue weighted by molar-refractivity contribution is -0.151. The molecule has 10 nitrogen and oxygen atoms in total. The van der Waals surface area contributed by atoms with Crippen molar-refractivity contribution < 1.29 is 47.6 Å². The van der Waals surface area contributed by atoms with Crippen LogP contribution in [0, 0.1) is 5.92 Å². The van der Waals surface area contributed by atoms with E-state index in [4.69, 9.17) is 14.2 Å². The maximum atomic E-state index is 11.7. The number of carbonyl (C=O) groups excluding carboxylic acids is 4. The molecule has 10 heteroatoms. The van der Waals surface area contributed by atoms with Gasteiger partial charge in [0.05, 0.1) is 5.92 Å². The van der Waals surface area contributed by atoms with Crippen LogP contribution in [0.25, 0.3) is 0 Å². The molecular weight excluding hydrogens is 400 g/mol. The van der Waals surface area contributed by atoms with Gasteiger partial charge in [-0.2, -0.15) is 0 Å². The molecule has 170 valence electrons. The summed E-state index contributed by atoms with van der Waals surface area (Å²) in [7, 11) is 0. The summed E-state index contributed by atoms with van der Waals surface area (Å²) in [5, 5.41) is 0. The van der Waals surface area contributed by atoms with Gasteiger partial charge in [-0.3, -0.25) is 4.79 Å². The van der Waals surface area contributed by atoms with E-state index in [0.29, 0.717) is 5.57 Å². The van der Waals surface area contributed by atoms with Gasteiger partial charge in [-0.05, 0) is 19.8 Å². The molecule has 0 amide bonds. The quantitative estimate of drug-likeness (QED) is 0.290. The number of hydrogen-bond donors (Lipinski definition) is 0. The van der Waals surface area contributed by atoms with Crippen LogP contribution in [0.1, 0.15) is 46.5 Å². The van der Waals surface area contributed by atoms with Gasteiger partial charge in [0.25, 0.3) is 0 Å². The lowest BCUT2D eigenvalue weighted by Gasteiger charge is -2.14. The van der Waals surface area contributed by atoms with Crippen molar-refractivity contribution in [1.29, 1.82) is 0 Å². The molecule has 0 bridgehead atoms. The normalized spacial score (nSPS) is 20.5. The third-order valence-electron chi connectivity index (χ3n) is 4.19. The third kappa shape index (κ3) is 9.62. The van der Waals surface area contributed by atoms with Gasteiger partial charge in [-0.15, -0.1) is 0 Å². The Labute approximate surface area is 175 Å². The minimum Gasteiger partial charge on any atom is -0.461 e. The Bertz CT molecular complexity index is 615. The molecule has 0 radical (unpaired) electrons. The molecule has 0 saturated carbocycles. The van der Waals surface area contributed by atoms with Gasteiger partial charge in [-0.1, -0.05) is 33.3 Å². The van der Waals surface area contributed by atoms with Crippen LogP contribution in [-0.2, 0) is 38.0 Å². The minimum absolute atomic E-state index is 0.0113. The highest BCUT2D eigenvalue weighted by Gasteiger charge is 2.28. The number of cyclic esters (lactones) is 4. The lowest BCUT2D eigenvalue weighted by atomic mass is 10.00. The number of hydrogen-bond acceptors (Lipinski definition) is 10. The molecule has 2 aliphatic rings. The molecule has 3 unspecified atom stereocenters. The molecule has 3 atom stereocenters. The summed E-state index contributed by atoms with van der Waals surface area (Å²) in [5.41, 5.74) is 0.310. The van der Waals surface area contributed by atoms with E-state index < -0.39 is 30.5 Å². The first-order valence-electron chi connectivity index (χ1n) is 9.92. The maximum absolute atomic E-state index is 11.7. The zero-order chi connectivity index (χ0) is 22.5. The standard InChI is InChI=1S/C12H20O5.C8H10O5/c1-3-5-6-9(4-2)11(13)15-7-10-8-16-12(14)17-10;1-5(2)7(9)11-3-6-4-12-8(10)13-6/h9-10H,3-8H2,1-2H3;6H,1,3-4H2,2H3. The maximum Gasteiger partial charge on any atom is 0.508 e. The fraction of sp³-hybridized carbons (Fsp3) is 0.700. The lowest BCUT2D eigenvalue weighted by Crippen LogP contribution is -2.24. The summed E-state index contributed by atoms with van der Waals surface area (Å²) in [6, 6.07) is 0. The second kappa shape index (κ2) is 13.4. The van der Waals surface area contributed by atoms with Crippen LogP contribution in [-0.4, -0.2) is 62.9 Å². The Morgan fingerprint density at radius 3 is 1.97 bits per heavy atom. The Hall–Kier alpha value is -2.78. The Morgan fingerprint density at radius 1 is 1.03 bits per heavy atom. The molecule has 0 spiro atoms. The summed E-state index contributed by atoms with van der Waals surface area (Å²) in [6.07, 6.45) is 1.37. The number of carbonyl (C=O) groups is 4. The van der Waals surface area contributed by atoms with Crippen molar-refractivity contribution in [2.75, 3.05) is 26.4 Å². The van der Waals surface area contributed by atoms with Crippen LogP contribution >= 0.6 is 0 Å². The van der Waals surface area contributed by atoms with E-state index in [1.165, 1.54) is 0 Å². The van der Waals surface area contributed by atoms with Crippen LogP contribution in [0.4, 0.5) is 9.59 Å².